The molecule has 1 unspecified atom stereocenters. The number of ether oxygens (including phenoxy) is 3. The van der Waals surface area contributed by atoms with Gasteiger partial charge in [-0.2, -0.15) is 13.2 Å². The van der Waals surface area contributed by atoms with Gasteiger partial charge in [-0.25, -0.2) is 0 Å². The minimum Gasteiger partial charge on any atom is -0.493 e. The zero-order valence-corrected chi connectivity index (χ0v) is 12.0. The maximum atomic E-state index is 12.2. The van der Waals surface area contributed by atoms with E-state index in [1.807, 2.05) is 0 Å². The van der Waals surface area contributed by atoms with Crippen molar-refractivity contribution < 1.29 is 37.0 Å². The molecule has 0 aliphatic rings. The Hall–Kier alpha value is -2.25. The minimum absolute atomic E-state index is 0.159. The van der Waals surface area contributed by atoms with Gasteiger partial charge in [0.25, 0.3) is 0 Å². The van der Waals surface area contributed by atoms with Gasteiger partial charge in [0.05, 0.1) is 20.0 Å². The first-order valence-corrected chi connectivity index (χ1v) is 6.34. The molecule has 1 aromatic rings. The van der Waals surface area contributed by atoms with Crippen LogP contribution in [-0.4, -0.2) is 31.3 Å². The third-order valence-electron chi connectivity index (χ3n) is 2.60. The Morgan fingerprint density at radius 2 is 1.64 bits per heavy atom. The second kappa shape index (κ2) is 7.67. The third kappa shape index (κ3) is 5.63. The van der Waals surface area contributed by atoms with Gasteiger partial charge in [0.15, 0.2) is 17.6 Å². The molecule has 5 nitrogen and oxygen atoms in total. The fourth-order valence-corrected chi connectivity index (χ4v) is 1.40. The Bertz CT molecular complexity index is 527. The van der Waals surface area contributed by atoms with E-state index in [4.69, 9.17) is 9.47 Å². The van der Waals surface area contributed by atoms with Gasteiger partial charge < -0.3 is 14.2 Å². The summed E-state index contributed by atoms with van der Waals surface area (Å²) in [5, 5.41) is 0. The molecular weight excluding hydrogens is 305 g/mol. The fraction of sp³-hybridized carbons (Fsp3) is 0.429. The van der Waals surface area contributed by atoms with E-state index in [1.165, 1.54) is 13.2 Å². The van der Waals surface area contributed by atoms with Crippen LogP contribution >= 0.6 is 0 Å². The highest BCUT2D eigenvalue weighted by molar-refractivity contribution is 5.79. The number of esters is 2. The van der Waals surface area contributed by atoms with E-state index >= 15 is 0 Å². The van der Waals surface area contributed by atoms with E-state index < -0.39 is 37.1 Å². The van der Waals surface area contributed by atoms with Crippen LogP contribution in [0.3, 0.4) is 0 Å². The lowest BCUT2D eigenvalue weighted by molar-refractivity contribution is -0.216. The molecule has 8 heteroatoms. The highest BCUT2D eigenvalue weighted by Gasteiger charge is 2.39. The number of hydrogen-bond donors (Lipinski definition) is 0. The summed E-state index contributed by atoms with van der Waals surface area (Å²) in [6.45, 7) is 0.713. The van der Waals surface area contributed by atoms with E-state index in [1.54, 1.807) is 18.2 Å². The standard InChI is InChI=1S/C14H15F3O5/c1-9(14(15,16)17)21-12(18)7-8-13(19)22-11-6-4-3-5-10(11)20-2/h3-6,9H,7-8H2,1-2H3. The topological polar surface area (TPSA) is 61.8 Å². The molecule has 0 aliphatic heterocycles. The predicted molar refractivity (Wildman–Crippen MR) is 69.5 cm³/mol. The Kier molecular flexibility index (Phi) is 6.21. The SMILES string of the molecule is COc1ccccc1OC(=O)CCC(=O)OC(C)C(F)(F)F. The van der Waals surface area contributed by atoms with Crippen molar-refractivity contribution in [2.24, 2.45) is 0 Å². The molecule has 0 amide bonds. The number of rotatable bonds is 6. The van der Waals surface area contributed by atoms with Gasteiger partial charge in [-0.15, -0.1) is 0 Å². The molecule has 0 heterocycles. The van der Waals surface area contributed by atoms with Crippen molar-refractivity contribution in [3.8, 4) is 11.5 Å². The lowest BCUT2D eigenvalue weighted by atomic mass is 10.3. The summed E-state index contributed by atoms with van der Waals surface area (Å²) in [5.74, 6) is -1.42. The Labute approximate surface area is 125 Å². The summed E-state index contributed by atoms with van der Waals surface area (Å²) in [6, 6.07) is 6.35. The van der Waals surface area contributed by atoms with Crippen LogP contribution in [0.5, 0.6) is 11.5 Å². The number of halogens is 3. The van der Waals surface area contributed by atoms with Crippen LogP contribution < -0.4 is 9.47 Å². The Balaban J connectivity index is 2.45. The van der Waals surface area contributed by atoms with Crippen molar-refractivity contribution in [3.63, 3.8) is 0 Å². The van der Waals surface area contributed by atoms with Crippen LogP contribution in [0.15, 0.2) is 24.3 Å². The lowest BCUT2D eigenvalue weighted by Gasteiger charge is -2.16. The van der Waals surface area contributed by atoms with Gasteiger partial charge in [0.2, 0.25) is 0 Å². The quantitative estimate of drug-likeness (QED) is 0.596. The van der Waals surface area contributed by atoms with E-state index in [0.717, 1.165) is 0 Å². The van der Waals surface area contributed by atoms with E-state index in [9.17, 15) is 22.8 Å². The van der Waals surface area contributed by atoms with Gasteiger partial charge in [0.1, 0.15) is 0 Å². The second-order valence-electron chi connectivity index (χ2n) is 4.30. The average Bonchev–Trinajstić information content (AvgIpc) is 2.44. The molecule has 0 bridgehead atoms. The molecule has 1 atom stereocenters. The molecule has 0 saturated carbocycles. The molecule has 22 heavy (non-hydrogen) atoms. The zero-order valence-electron chi connectivity index (χ0n) is 12.0. The van der Waals surface area contributed by atoms with Crippen molar-refractivity contribution in [2.45, 2.75) is 32.0 Å². The van der Waals surface area contributed by atoms with Crippen LogP contribution in [-0.2, 0) is 14.3 Å². The maximum absolute atomic E-state index is 12.2. The molecule has 122 valence electrons. The van der Waals surface area contributed by atoms with E-state index in [0.29, 0.717) is 12.7 Å². The smallest absolute Gasteiger partial charge is 0.425 e. The molecule has 0 saturated heterocycles. The minimum atomic E-state index is -4.63. The number of alkyl halides is 3. The van der Waals surface area contributed by atoms with Crippen LogP contribution in [0.2, 0.25) is 0 Å². The Morgan fingerprint density at radius 3 is 2.18 bits per heavy atom. The van der Waals surface area contributed by atoms with E-state index in [2.05, 4.69) is 4.74 Å². The third-order valence-corrected chi connectivity index (χ3v) is 2.60. The molecule has 0 N–H and O–H groups in total. The van der Waals surface area contributed by atoms with Crippen LogP contribution in [0.25, 0.3) is 0 Å². The maximum Gasteiger partial charge on any atom is 0.425 e. The predicted octanol–water partition coefficient (Wildman–Crippen LogP) is 2.87. The monoisotopic (exact) mass is 320 g/mol. The number of carbonyl (C=O) groups excluding carboxylic acids is 2. The molecule has 0 radical (unpaired) electrons. The van der Waals surface area contributed by atoms with Crippen molar-refractivity contribution in [2.75, 3.05) is 7.11 Å². The molecule has 0 fully saturated rings. The fourth-order valence-electron chi connectivity index (χ4n) is 1.40. The van der Waals surface area contributed by atoms with Crippen LogP contribution in [0.1, 0.15) is 19.8 Å². The second-order valence-corrected chi connectivity index (χ2v) is 4.30. The molecule has 1 aromatic carbocycles. The molecule has 0 aliphatic carbocycles. The zero-order chi connectivity index (χ0) is 16.8. The van der Waals surface area contributed by atoms with Crippen LogP contribution in [0, 0.1) is 0 Å². The van der Waals surface area contributed by atoms with Crippen molar-refractivity contribution in [3.05, 3.63) is 24.3 Å². The molecular formula is C14H15F3O5. The molecule has 0 spiro atoms. The first-order valence-electron chi connectivity index (χ1n) is 6.34. The summed E-state index contributed by atoms with van der Waals surface area (Å²) in [4.78, 5) is 22.8. The first-order chi connectivity index (χ1) is 10.2. The van der Waals surface area contributed by atoms with Crippen LogP contribution in [0.4, 0.5) is 13.2 Å². The number of hydrogen-bond acceptors (Lipinski definition) is 5. The van der Waals surface area contributed by atoms with Crippen molar-refractivity contribution in [1.82, 2.24) is 0 Å². The summed E-state index contributed by atoms with van der Waals surface area (Å²) < 4.78 is 50.7. The largest absolute Gasteiger partial charge is 0.493 e. The summed E-state index contributed by atoms with van der Waals surface area (Å²) in [5.41, 5.74) is 0. The average molecular weight is 320 g/mol. The van der Waals surface area contributed by atoms with E-state index in [-0.39, 0.29) is 5.75 Å². The Morgan fingerprint density at radius 1 is 1.09 bits per heavy atom. The van der Waals surface area contributed by atoms with Crippen molar-refractivity contribution >= 4 is 11.9 Å². The summed E-state index contributed by atoms with van der Waals surface area (Å²) in [6.07, 6.45) is -7.76. The molecule has 0 aromatic heterocycles. The van der Waals surface area contributed by atoms with Gasteiger partial charge >= 0.3 is 18.1 Å². The number of carbonyl (C=O) groups is 2. The lowest BCUT2D eigenvalue weighted by Crippen LogP contribution is -2.31. The van der Waals surface area contributed by atoms with Crippen molar-refractivity contribution in [1.29, 1.82) is 0 Å². The highest BCUT2D eigenvalue weighted by Crippen LogP contribution is 2.26. The first kappa shape index (κ1) is 17.8. The van der Waals surface area contributed by atoms with Gasteiger partial charge in [-0.3, -0.25) is 9.59 Å². The summed E-state index contributed by atoms with van der Waals surface area (Å²) in [7, 11) is 1.39. The highest BCUT2D eigenvalue weighted by atomic mass is 19.4. The van der Waals surface area contributed by atoms with Gasteiger partial charge in [-0.1, -0.05) is 12.1 Å². The summed E-state index contributed by atoms with van der Waals surface area (Å²) >= 11 is 0. The van der Waals surface area contributed by atoms with Gasteiger partial charge in [-0.05, 0) is 19.1 Å². The number of methoxy groups -OCH3 is 1. The number of benzene rings is 1. The number of para-hydroxylation sites is 2. The normalized spacial score (nSPS) is 12.4. The van der Waals surface area contributed by atoms with Gasteiger partial charge in [0, 0.05) is 0 Å². The molecule has 1 rings (SSSR count).